The third kappa shape index (κ3) is 3.74. The first-order valence-corrected chi connectivity index (χ1v) is 8.01. The Labute approximate surface area is 150 Å². The van der Waals surface area contributed by atoms with Gasteiger partial charge in [-0.3, -0.25) is 24.7 Å². The maximum Gasteiger partial charge on any atom is 0.319 e. The fraction of sp³-hybridized carbons (Fsp3) is 0.133. The number of nitrogens with zero attached hydrogens (tertiary/aromatic N) is 4. The number of carbonyl (C=O) groups excluding carboxylic acids is 1. The van der Waals surface area contributed by atoms with Crippen LogP contribution in [-0.4, -0.2) is 30.8 Å². The Morgan fingerprint density at radius 1 is 1.40 bits per heavy atom. The molecule has 3 rings (SSSR count). The van der Waals surface area contributed by atoms with Crippen molar-refractivity contribution in [3.63, 3.8) is 0 Å². The normalized spacial score (nSPS) is 10.6. The number of nitrogens with one attached hydrogen (secondary N) is 2. The van der Waals surface area contributed by atoms with E-state index in [1.165, 1.54) is 5.56 Å². The predicted molar refractivity (Wildman–Crippen MR) is 93.4 cm³/mol. The van der Waals surface area contributed by atoms with E-state index in [-0.39, 0.29) is 11.5 Å². The number of aromatic nitrogens is 4. The van der Waals surface area contributed by atoms with Crippen molar-refractivity contribution in [2.75, 3.05) is 5.32 Å². The molecule has 0 bridgehead atoms. The molecule has 25 heavy (non-hydrogen) atoms. The van der Waals surface area contributed by atoms with Crippen molar-refractivity contribution in [3.05, 3.63) is 68.1 Å². The fourth-order valence-electron chi connectivity index (χ4n) is 2.20. The number of anilines is 1. The number of halogens is 1. The third-order valence-electron chi connectivity index (χ3n) is 3.46. The third-order valence-corrected chi connectivity index (χ3v) is 4.04. The predicted octanol–water partition coefficient (Wildman–Crippen LogP) is 2.89. The van der Waals surface area contributed by atoms with Crippen molar-refractivity contribution in [2.45, 2.75) is 13.5 Å². The van der Waals surface area contributed by atoms with Gasteiger partial charge < -0.3 is 5.32 Å². The van der Waals surface area contributed by atoms with Gasteiger partial charge in [0.2, 0.25) is 5.69 Å². The zero-order chi connectivity index (χ0) is 18.0. The molecule has 10 heteroatoms. The average molecular weight is 405 g/mol. The van der Waals surface area contributed by atoms with Gasteiger partial charge in [0.25, 0.3) is 5.91 Å². The summed E-state index contributed by atoms with van der Waals surface area (Å²) in [4.78, 5) is 22.4. The molecule has 0 saturated carbocycles. The average Bonchev–Trinajstić information content (AvgIpc) is 3.17. The molecular formula is C15H13BrN6O3. The van der Waals surface area contributed by atoms with Crippen LogP contribution in [0.1, 0.15) is 21.6 Å². The quantitative estimate of drug-likeness (QED) is 0.500. The number of carbonyl (C=O) groups is 1. The molecule has 0 unspecified atom stereocenters. The Bertz CT molecular complexity index is 931. The zero-order valence-electron chi connectivity index (χ0n) is 13.1. The summed E-state index contributed by atoms with van der Waals surface area (Å²) < 4.78 is 2.22. The summed E-state index contributed by atoms with van der Waals surface area (Å²) in [6.07, 6.45) is 2.71. The Morgan fingerprint density at radius 3 is 2.80 bits per heavy atom. The Balaban J connectivity index is 1.76. The molecule has 0 fully saturated rings. The summed E-state index contributed by atoms with van der Waals surface area (Å²) in [7, 11) is 0. The van der Waals surface area contributed by atoms with Gasteiger partial charge in [-0.2, -0.15) is 10.2 Å². The summed E-state index contributed by atoms with van der Waals surface area (Å²) in [5, 5.41) is 23.5. The van der Waals surface area contributed by atoms with Gasteiger partial charge in [-0.1, -0.05) is 29.8 Å². The van der Waals surface area contributed by atoms with Crippen LogP contribution in [0.5, 0.6) is 0 Å². The number of rotatable bonds is 5. The Morgan fingerprint density at radius 2 is 2.12 bits per heavy atom. The van der Waals surface area contributed by atoms with Crippen LogP contribution >= 0.6 is 15.9 Å². The molecule has 0 aliphatic carbocycles. The van der Waals surface area contributed by atoms with E-state index in [0.717, 1.165) is 11.8 Å². The molecule has 2 N–H and O–H groups in total. The SMILES string of the molecule is Cc1ccc(Cn2cc(Br)c(NC(=O)c3[nH]ncc3[N+](=O)[O-])n2)cc1. The fourth-order valence-corrected chi connectivity index (χ4v) is 2.61. The highest BCUT2D eigenvalue weighted by Crippen LogP contribution is 2.23. The van der Waals surface area contributed by atoms with E-state index in [4.69, 9.17) is 0 Å². The summed E-state index contributed by atoms with van der Waals surface area (Å²) in [5.41, 5.74) is 1.60. The lowest BCUT2D eigenvalue weighted by Gasteiger charge is -2.03. The van der Waals surface area contributed by atoms with Gasteiger partial charge in [0.05, 0.1) is 15.9 Å². The zero-order valence-corrected chi connectivity index (χ0v) is 14.6. The molecule has 0 aliphatic rings. The number of hydrogen-bond donors (Lipinski definition) is 2. The molecule has 3 aromatic rings. The maximum absolute atomic E-state index is 12.2. The van der Waals surface area contributed by atoms with Crippen molar-refractivity contribution in [3.8, 4) is 0 Å². The first-order chi connectivity index (χ1) is 11.9. The second-order valence-electron chi connectivity index (χ2n) is 5.35. The summed E-state index contributed by atoms with van der Waals surface area (Å²) >= 11 is 3.32. The molecule has 0 aliphatic heterocycles. The highest BCUT2D eigenvalue weighted by molar-refractivity contribution is 9.10. The molecule has 2 aromatic heterocycles. The Hall–Kier alpha value is -3.01. The molecule has 9 nitrogen and oxygen atoms in total. The molecular weight excluding hydrogens is 392 g/mol. The standard InChI is InChI=1S/C15H13BrN6O3/c1-9-2-4-10(5-3-9)7-21-8-11(16)14(20-21)18-15(23)13-12(22(24)25)6-17-19-13/h2-6,8H,7H2,1H3,(H,17,19)(H,18,20,23). The lowest BCUT2D eigenvalue weighted by Crippen LogP contribution is -2.15. The minimum absolute atomic E-state index is 0.231. The number of H-pyrrole nitrogens is 1. The van der Waals surface area contributed by atoms with E-state index in [0.29, 0.717) is 11.0 Å². The van der Waals surface area contributed by atoms with E-state index in [2.05, 4.69) is 36.5 Å². The summed E-state index contributed by atoms with van der Waals surface area (Å²) in [6.45, 7) is 2.54. The van der Waals surface area contributed by atoms with Crippen LogP contribution in [-0.2, 0) is 6.54 Å². The molecule has 0 radical (unpaired) electrons. The number of benzene rings is 1. The molecule has 0 saturated heterocycles. The summed E-state index contributed by atoms with van der Waals surface area (Å²) in [6, 6.07) is 8.01. The van der Waals surface area contributed by atoms with Gasteiger partial charge in [0.1, 0.15) is 6.20 Å². The van der Waals surface area contributed by atoms with Gasteiger partial charge >= 0.3 is 5.69 Å². The van der Waals surface area contributed by atoms with Crippen molar-refractivity contribution < 1.29 is 9.72 Å². The van der Waals surface area contributed by atoms with E-state index in [9.17, 15) is 14.9 Å². The van der Waals surface area contributed by atoms with Crippen molar-refractivity contribution >= 4 is 33.3 Å². The van der Waals surface area contributed by atoms with Crippen molar-refractivity contribution in [1.82, 2.24) is 20.0 Å². The van der Waals surface area contributed by atoms with Gasteiger partial charge in [0.15, 0.2) is 5.82 Å². The number of aryl methyl sites for hydroxylation is 1. The van der Waals surface area contributed by atoms with Crippen LogP contribution < -0.4 is 5.32 Å². The highest BCUT2D eigenvalue weighted by atomic mass is 79.9. The lowest BCUT2D eigenvalue weighted by atomic mass is 10.1. The van der Waals surface area contributed by atoms with E-state index < -0.39 is 16.5 Å². The minimum atomic E-state index is -0.689. The number of amides is 1. The van der Waals surface area contributed by atoms with Gasteiger partial charge in [-0.15, -0.1) is 0 Å². The molecule has 2 heterocycles. The second kappa shape index (κ2) is 6.85. The van der Waals surface area contributed by atoms with E-state index in [1.807, 2.05) is 31.2 Å². The number of hydrogen-bond acceptors (Lipinski definition) is 5. The molecule has 128 valence electrons. The van der Waals surface area contributed by atoms with Crippen LogP contribution in [0, 0.1) is 17.0 Å². The second-order valence-corrected chi connectivity index (χ2v) is 6.20. The van der Waals surface area contributed by atoms with Crippen molar-refractivity contribution in [1.29, 1.82) is 0 Å². The molecule has 1 aromatic carbocycles. The minimum Gasteiger partial charge on any atom is -0.303 e. The van der Waals surface area contributed by atoms with Crippen molar-refractivity contribution in [2.24, 2.45) is 0 Å². The van der Waals surface area contributed by atoms with Crippen LogP contribution in [0.25, 0.3) is 0 Å². The van der Waals surface area contributed by atoms with Crippen LogP contribution in [0.2, 0.25) is 0 Å². The monoisotopic (exact) mass is 404 g/mol. The molecule has 0 spiro atoms. The largest absolute Gasteiger partial charge is 0.319 e. The van der Waals surface area contributed by atoms with E-state index in [1.54, 1.807) is 10.9 Å². The van der Waals surface area contributed by atoms with E-state index >= 15 is 0 Å². The maximum atomic E-state index is 12.2. The van der Waals surface area contributed by atoms with Crippen LogP contribution in [0.4, 0.5) is 11.5 Å². The first-order valence-electron chi connectivity index (χ1n) is 7.21. The topological polar surface area (TPSA) is 119 Å². The van der Waals surface area contributed by atoms with Gasteiger partial charge in [0, 0.05) is 6.20 Å². The van der Waals surface area contributed by atoms with Crippen LogP contribution in [0.15, 0.2) is 41.1 Å². The van der Waals surface area contributed by atoms with Crippen LogP contribution in [0.3, 0.4) is 0 Å². The first kappa shape index (κ1) is 16.8. The number of nitro groups is 1. The number of aromatic amines is 1. The molecule has 1 amide bonds. The molecule has 0 atom stereocenters. The summed E-state index contributed by atoms with van der Waals surface area (Å²) in [5.74, 6) is -0.425. The lowest BCUT2D eigenvalue weighted by molar-refractivity contribution is -0.385. The van der Waals surface area contributed by atoms with Gasteiger partial charge in [-0.05, 0) is 28.4 Å². The van der Waals surface area contributed by atoms with Gasteiger partial charge in [-0.25, -0.2) is 0 Å². The smallest absolute Gasteiger partial charge is 0.303 e. The Kier molecular flexibility index (Phi) is 4.61. The highest BCUT2D eigenvalue weighted by Gasteiger charge is 2.24.